The quantitative estimate of drug-likeness (QED) is 0.0835. The minimum absolute atomic E-state index is 0.0234. The summed E-state index contributed by atoms with van der Waals surface area (Å²) >= 11 is 0. The third kappa shape index (κ3) is 13.2. The number of aryl methyl sites for hydroxylation is 1. The van der Waals surface area contributed by atoms with Gasteiger partial charge in [-0.05, 0) is 114 Å². The standard InChI is InChI=1S/C31H31F2N5O3.C28H26F2N4O2/c1-36-27-17-24(9-10-25(27)18-35-36)22-11-13-26(14-12-22)38(31(41)37-15-3-2-4-16-37)20-21-5-7-23(8-6-21)28(39)19-34-30(40)29(32)33;29-25(30)27-32-31-26(36-27)23-11-9-20(10-12-23)19-34(28(35)33-17-5-2-6-18-33)24-15-13-22(14-16-24)21-7-3-1-4-8-21/h5-14,17-18,29H,2-4,15-16,19-20H2,1H3,(H,34,40);1,3-4,7-16,25H,2,5-6,17-19H2. The molecule has 0 saturated carbocycles. The highest BCUT2D eigenvalue weighted by Crippen LogP contribution is 2.31. The predicted octanol–water partition coefficient (Wildman–Crippen LogP) is 12.4. The lowest BCUT2D eigenvalue weighted by Crippen LogP contribution is -2.45. The van der Waals surface area contributed by atoms with Gasteiger partial charge in [-0.3, -0.25) is 24.1 Å². The van der Waals surface area contributed by atoms with E-state index in [1.165, 1.54) is 0 Å². The Hall–Kier alpha value is -8.67. The molecule has 5 amide bonds. The molecule has 0 bridgehead atoms. The third-order valence-corrected chi connectivity index (χ3v) is 13.7. The van der Waals surface area contributed by atoms with Crippen LogP contribution in [0, 0.1) is 0 Å². The van der Waals surface area contributed by atoms with Crippen molar-refractivity contribution in [3.63, 3.8) is 0 Å². The van der Waals surface area contributed by atoms with E-state index in [2.05, 4.69) is 39.6 Å². The number of nitrogens with zero attached hydrogens (tertiary/aromatic N) is 8. The number of carbonyl (C=O) groups excluding carboxylic acids is 4. The largest absolute Gasteiger partial charge is 0.415 e. The number of benzene rings is 6. The van der Waals surface area contributed by atoms with Crippen LogP contribution in [-0.2, 0) is 24.9 Å². The van der Waals surface area contributed by atoms with Crippen molar-refractivity contribution in [3.8, 4) is 33.7 Å². The summed E-state index contributed by atoms with van der Waals surface area (Å²) < 4.78 is 57.2. The lowest BCUT2D eigenvalue weighted by Gasteiger charge is -2.33. The summed E-state index contributed by atoms with van der Waals surface area (Å²) in [6.45, 7) is 3.05. The van der Waals surface area contributed by atoms with Gasteiger partial charge in [0, 0.05) is 61.1 Å². The number of fused-ring (bicyclic) bond motifs is 1. The van der Waals surface area contributed by atoms with Crippen molar-refractivity contribution in [1.82, 2.24) is 35.1 Å². The van der Waals surface area contributed by atoms with Crippen LogP contribution in [0.25, 0.3) is 44.6 Å². The zero-order valence-corrected chi connectivity index (χ0v) is 42.4. The summed E-state index contributed by atoms with van der Waals surface area (Å²) in [5, 5.41) is 14.4. The molecule has 2 aliphatic rings. The zero-order chi connectivity index (χ0) is 53.8. The maximum Gasteiger partial charge on any atom is 0.324 e. The number of amides is 5. The van der Waals surface area contributed by atoms with Gasteiger partial charge < -0.3 is 19.5 Å². The lowest BCUT2D eigenvalue weighted by molar-refractivity contribution is -0.131. The Kier molecular flexibility index (Phi) is 17.1. The molecular formula is C59H57F4N9O5. The summed E-state index contributed by atoms with van der Waals surface area (Å²) in [6, 6.07) is 45.8. The van der Waals surface area contributed by atoms with Gasteiger partial charge in [-0.15, -0.1) is 10.2 Å². The molecule has 0 spiro atoms. The molecular weight excluding hydrogens is 991 g/mol. The van der Waals surface area contributed by atoms with Gasteiger partial charge in [0.25, 0.3) is 11.8 Å². The van der Waals surface area contributed by atoms with Crippen molar-refractivity contribution < 1.29 is 41.2 Å². The first-order valence-corrected chi connectivity index (χ1v) is 25.6. The molecule has 10 rings (SSSR count). The SMILES string of the molecule is Cn1ncc2ccc(-c3ccc(N(Cc4ccc(C(=O)CNC(=O)C(F)F)cc4)C(=O)N4CCCCC4)cc3)cc21.O=C(N1CCCCC1)N(Cc1ccc(-c2nnc(C(F)F)o2)cc1)c1ccc(-c2ccccc2)cc1. The minimum atomic E-state index is -3.17. The summed E-state index contributed by atoms with van der Waals surface area (Å²) in [5.41, 5.74) is 9.38. The van der Waals surface area contributed by atoms with Crippen molar-refractivity contribution in [2.24, 2.45) is 7.05 Å². The Morgan fingerprint density at radius 2 is 1.08 bits per heavy atom. The average Bonchev–Trinajstić information content (AvgIpc) is 4.14. The minimum Gasteiger partial charge on any atom is -0.415 e. The smallest absolute Gasteiger partial charge is 0.324 e. The van der Waals surface area contributed by atoms with Gasteiger partial charge in [-0.1, -0.05) is 103 Å². The van der Waals surface area contributed by atoms with E-state index < -0.39 is 37.0 Å². The third-order valence-electron chi connectivity index (χ3n) is 13.7. The number of hydrogen-bond donors (Lipinski definition) is 1. The fraction of sp³-hybridized carbons (Fsp3) is 0.271. The highest BCUT2D eigenvalue weighted by atomic mass is 19.3. The molecule has 4 heterocycles. The van der Waals surface area contributed by atoms with Gasteiger partial charge >= 0.3 is 24.9 Å². The van der Waals surface area contributed by atoms with Crippen molar-refractivity contribution in [2.45, 2.75) is 64.5 Å². The van der Waals surface area contributed by atoms with E-state index in [4.69, 9.17) is 4.42 Å². The number of alkyl halides is 4. The number of anilines is 2. The van der Waals surface area contributed by atoms with E-state index in [1.807, 2.05) is 118 Å². The number of piperidine rings is 2. The molecule has 1 N–H and O–H groups in total. The van der Waals surface area contributed by atoms with Crippen molar-refractivity contribution in [3.05, 3.63) is 174 Å². The normalized spacial score (nSPS) is 13.5. The topological polar surface area (TPSA) is 150 Å². The van der Waals surface area contributed by atoms with E-state index in [0.29, 0.717) is 25.2 Å². The molecule has 2 aliphatic heterocycles. The first kappa shape index (κ1) is 53.2. The van der Waals surface area contributed by atoms with Gasteiger partial charge in [0.15, 0.2) is 5.78 Å². The molecule has 8 aromatic rings. The van der Waals surface area contributed by atoms with Crippen molar-refractivity contribution >= 4 is 46.0 Å². The Bertz CT molecular complexity index is 3270. The van der Waals surface area contributed by atoms with E-state index in [9.17, 15) is 36.7 Å². The average molecular weight is 1050 g/mol. The molecule has 18 heteroatoms. The highest BCUT2D eigenvalue weighted by Gasteiger charge is 2.27. The summed E-state index contributed by atoms with van der Waals surface area (Å²) in [7, 11) is 1.91. The summed E-state index contributed by atoms with van der Waals surface area (Å²) in [6.07, 6.45) is 2.03. The second-order valence-electron chi connectivity index (χ2n) is 18.9. The summed E-state index contributed by atoms with van der Waals surface area (Å²) in [5.74, 6) is -2.63. The van der Waals surface area contributed by atoms with Crippen LogP contribution in [0.15, 0.2) is 156 Å². The van der Waals surface area contributed by atoms with Crippen molar-refractivity contribution in [1.29, 1.82) is 0 Å². The first-order chi connectivity index (χ1) is 37.4. The number of halogens is 4. The molecule has 14 nitrogen and oxygen atoms in total. The number of hydrogen-bond acceptors (Lipinski definition) is 8. The van der Waals surface area contributed by atoms with Crippen LogP contribution < -0.4 is 15.1 Å². The fourth-order valence-corrected chi connectivity index (χ4v) is 9.37. The van der Waals surface area contributed by atoms with Gasteiger partial charge in [0.2, 0.25) is 5.89 Å². The highest BCUT2D eigenvalue weighted by molar-refractivity contribution is 6.00. The van der Waals surface area contributed by atoms with Crippen LogP contribution in [0.3, 0.4) is 0 Å². The summed E-state index contributed by atoms with van der Waals surface area (Å²) in [4.78, 5) is 58.0. The fourth-order valence-electron chi connectivity index (χ4n) is 9.37. The van der Waals surface area contributed by atoms with Gasteiger partial charge in [-0.2, -0.15) is 22.7 Å². The first-order valence-electron chi connectivity index (χ1n) is 25.6. The second-order valence-corrected chi connectivity index (χ2v) is 18.9. The molecule has 0 atom stereocenters. The molecule has 396 valence electrons. The maximum atomic E-state index is 13.7. The van der Waals surface area contributed by atoms with E-state index >= 15 is 0 Å². The molecule has 0 radical (unpaired) electrons. The number of rotatable bonds is 14. The lowest BCUT2D eigenvalue weighted by atomic mass is 10.0. The molecule has 2 aromatic heterocycles. The number of urea groups is 2. The molecule has 77 heavy (non-hydrogen) atoms. The Balaban J connectivity index is 0.000000189. The maximum absolute atomic E-state index is 13.7. The van der Waals surface area contributed by atoms with Crippen LogP contribution in [-0.4, -0.2) is 92.7 Å². The Morgan fingerprint density at radius 3 is 1.60 bits per heavy atom. The second kappa shape index (κ2) is 24.8. The molecule has 2 fully saturated rings. The number of aromatic nitrogens is 4. The van der Waals surface area contributed by atoms with Crippen molar-refractivity contribution in [2.75, 3.05) is 42.5 Å². The van der Waals surface area contributed by atoms with Crippen LogP contribution in [0.2, 0.25) is 0 Å². The van der Waals surface area contributed by atoms with Gasteiger partial charge in [0.05, 0.1) is 31.3 Å². The molecule has 0 unspecified atom stereocenters. The van der Waals surface area contributed by atoms with Crippen LogP contribution in [0.4, 0.5) is 38.5 Å². The predicted molar refractivity (Wildman–Crippen MR) is 287 cm³/mol. The van der Waals surface area contributed by atoms with E-state index in [-0.39, 0.29) is 30.1 Å². The van der Waals surface area contributed by atoms with E-state index in [1.54, 1.807) is 46.2 Å². The van der Waals surface area contributed by atoms with Crippen LogP contribution >= 0.6 is 0 Å². The molecule has 2 saturated heterocycles. The van der Waals surface area contributed by atoms with Crippen LogP contribution in [0.5, 0.6) is 0 Å². The Morgan fingerprint density at radius 1 is 0.584 bits per heavy atom. The zero-order valence-electron chi connectivity index (χ0n) is 42.4. The molecule has 0 aliphatic carbocycles. The number of Topliss-reactive ketones (excluding diaryl/α,β-unsaturated/α-hetero) is 1. The number of carbonyl (C=O) groups is 4. The van der Waals surface area contributed by atoms with E-state index in [0.717, 1.165) is 107 Å². The van der Waals surface area contributed by atoms with Gasteiger partial charge in [0.1, 0.15) is 0 Å². The number of likely N-dealkylation sites (tertiary alicyclic amines) is 2. The number of ketones is 1. The van der Waals surface area contributed by atoms with Gasteiger partial charge in [-0.25, -0.2) is 9.59 Å². The van der Waals surface area contributed by atoms with Crippen LogP contribution in [0.1, 0.15) is 72.3 Å². The number of nitrogens with one attached hydrogen (secondary N) is 1. The monoisotopic (exact) mass is 1050 g/mol. The Labute approximate surface area is 442 Å². The molecule has 6 aromatic carbocycles.